The van der Waals surface area contributed by atoms with Crippen LogP contribution in [-0.4, -0.2) is 52.3 Å². The van der Waals surface area contributed by atoms with Crippen molar-refractivity contribution in [1.82, 2.24) is 9.80 Å². The Morgan fingerprint density at radius 2 is 1.70 bits per heavy atom. The molecule has 142 valence electrons. The molecule has 1 N–H and O–H groups in total. The summed E-state index contributed by atoms with van der Waals surface area (Å²) in [5.41, 5.74) is 3.33. The Kier molecular flexibility index (Phi) is 6.04. The maximum absolute atomic E-state index is 11.0. The number of benzene rings is 2. The molecule has 0 aliphatic carbocycles. The number of carbonyl (C=O) groups excluding carboxylic acids is 1. The third-order valence-corrected chi connectivity index (χ3v) is 5.24. The molecule has 2 atom stereocenters. The number of aromatic carboxylic acids is 1. The highest BCUT2D eigenvalue weighted by molar-refractivity contribution is 5.87. The second-order valence-corrected chi connectivity index (χ2v) is 7.43. The van der Waals surface area contributed by atoms with Gasteiger partial charge < -0.3 is 5.11 Å². The molecule has 1 fully saturated rings. The van der Waals surface area contributed by atoms with Gasteiger partial charge in [0.1, 0.15) is 6.29 Å². The van der Waals surface area contributed by atoms with Gasteiger partial charge in [-0.05, 0) is 43.2 Å². The molecule has 1 heterocycles. The minimum Gasteiger partial charge on any atom is -0.478 e. The lowest BCUT2D eigenvalue weighted by Gasteiger charge is -2.44. The van der Waals surface area contributed by atoms with Crippen LogP contribution in [0.2, 0.25) is 0 Å². The summed E-state index contributed by atoms with van der Waals surface area (Å²) in [6.45, 7) is 8.05. The van der Waals surface area contributed by atoms with Crippen LogP contribution in [0.4, 0.5) is 0 Å². The zero-order valence-corrected chi connectivity index (χ0v) is 15.8. The Bertz CT molecular complexity index is 791. The summed E-state index contributed by atoms with van der Waals surface area (Å²) in [5.74, 6) is -0.893. The Hall–Kier alpha value is -2.50. The van der Waals surface area contributed by atoms with Crippen LogP contribution in [0.1, 0.15) is 45.7 Å². The van der Waals surface area contributed by atoms with Crippen LogP contribution >= 0.6 is 0 Å². The minimum atomic E-state index is -0.893. The van der Waals surface area contributed by atoms with Crippen molar-refractivity contribution in [2.45, 2.75) is 39.0 Å². The number of piperazine rings is 1. The molecule has 2 aromatic rings. The maximum atomic E-state index is 11.0. The highest BCUT2D eigenvalue weighted by Crippen LogP contribution is 2.21. The highest BCUT2D eigenvalue weighted by atomic mass is 16.4. The van der Waals surface area contributed by atoms with Crippen LogP contribution in [0.15, 0.2) is 48.5 Å². The molecular weight excluding hydrogens is 340 g/mol. The molecule has 0 bridgehead atoms. The number of nitrogens with zero attached hydrogens (tertiary/aromatic N) is 2. The van der Waals surface area contributed by atoms with E-state index in [4.69, 9.17) is 5.11 Å². The van der Waals surface area contributed by atoms with E-state index >= 15 is 0 Å². The predicted octanol–water partition coefficient (Wildman–Crippen LogP) is 3.29. The number of carboxylic acids is 1. The third-order valence-electron chi connectivity index (χ3n) is 5.24. The molecule has 3 rings (SSSR count). The van der Waals surface area contributed by atoms with Crippen molar-refractivity contribution in [3.05, 3.63) is 70.8 Å². The molecule has 2 aromatic carbocycles. The summed E-state index contributed by atoms with van der Waals surface area (Å²) in [6, 6.07) is 15.7. The Balaban J connectivity index is 1.62. The first-order chi connectivity index (χ1) is 13.0. The largest absolute Gasteiger partial charge is 0.478 e. The molecule has 0 aromatic heterocycles. The fourth-order valence-electron chi connectivity index (χ4n) is 3.89. The second kappa shape index (κ2) is 8.46. The number of carbonyl (C=O) groups is 2. The summed E-state index contributed by atoms with van der Waals surface area (Å²) in [4.78, 5) is 26.9. The van der Waals surface area contributed by atoms with Gasteiger partial charge >= 0.3 is 5.97 Å². The second-order valence-electron chi connectivity index (χ2n) is 7.43. The fraction of sp³-hybridized carbons (Fsp3) is 0.364. The van der Waals surface area contributed by atoms with Gasteiger partial charge in [-0.25, -0.2) is 4.79 Å². The number of rotatable bonds is 6. The van der Waals surface area contributed by atoms with Gasteiger partial charge in [-0.3, -0.25) is 14.6 Å². The van der Waals surface area contributed by atoms with Gasteiger partial charge in [0, 0.05) is 43.8 Å². The van der Waals surface area contributed by atoms with E-state index in [-0.39, 0.29) is 0 Å². The number of aldehydes is 1. The smallest absolute Gasteiger partial charge is 0.335 e. The summed E-state index contributed by atoms with van der Waals surface area (Å²) in [6.07, 6.45) is 0.893. The SMILES string of the molecule is C[C@@H]1CN(Cc2ccc(C(=O)O)cc2)C[C@H](C)N1Cc1cccc(C=O)c1. The Morgan fingerprint density at radius 1 is 1.04 bits per heavy atom. The molecule has 0 amide bonds. The predicted molar refractivity (Wildman–Crippen MR) is 105 cm³/mol. The molecule has 0 saturated carbocycles. The minimum absolute atomic E-state index is 0.322. The van der Waals surface area contributed by atoms with Crippen LogP contribution in [-0.2, 0) is 13.1 Å². The number of carboxylic acid groups (broad SMARTS) is 1. The normalized spacial score (nSPS) is 21.1. The van der Waals surface area contributed by atoms with E-state index in [0.717, 1.165) is 49.2 Å². The first kappa shape index (κ1) is 19.3. The van der Waals surface area contributed by atoms with E-state index in [1.165, 1.54) is 0 Å². The van der Waals surface area contributed by atoms with Crippen LogP contribution in [0.3, 0.4) is 0 Å². The van der Waals surface area contributed by atoms with Crippen molar-refractivity contribution in [2.75, 3.05) is 13.1 Å². The Labute approximate surface area is 160 Å². The molecule has 0 spiro atoms. The van der Waals surface area contributed by atoms with Crippen molar-refractivity contribution in [3.8, 4) is 0 Å². The third kappa shape index (κ3) is 4.81. The van der Waals surface area contributed by atoms with E-state index in [1.807, 2.05) is 30.3 Å². The molecule has 5 nitrogen and oxygen atoms in total. The van der Waals surface area contributed by atoms with E-state index in [9.17, 15) is 9.59 Å². The van der Waals surface area contributed by atoms with Crippen molar-refractivity contribution in [1.29, 1.82) is 0 Å². The van der Waals surface area contributed by atoms with Gasteiger partial charge in [-0.1, -0.05) is 30.3 Å². The molecule has 1 saturated heterocycles. The van der Waals surface area contributed by atoms with Gasteiger partial charge in [0.05, 0.1) is 5.56 Å². The zero-order valence-electron chi connectivity index (χ0n) is 15.8. The highest BCUT2D eigenvalue weighted by Gasteiger charge is 2.29. The van der Waals surface area contributed by atoms with Gasteiger partial charge in [0.15, 0.2) is 0 Å². The van der Waals surface area contributed by atoms with Crippen molar-refractivity contribution < 1.29 is 14.7 Å². The lowest BCUT2D eigenvalue weighted by molar-refractivity contribution is 0.0290. The fourth-order valence-corrected chi connectivity index (χ4v) is 3.89. The van der Waals surface area contributed by atoms with Crippen molar-refractivity contribution >= 4 is 12.3 Å². The van der Waals surface area contributed by atoms with Crippen molar-refractivity contribution in [3.63, 3.8) is 0 Å². The lowest BCUT2D eigenvalue weighted by atomic mass is 10.0. The first-order valence-electron chi connectivity index (χ1n) is 9.30. The van der Waals surface area contributed by atoms with E-state index in [1.54, 1.807) is 12.1 Å². The monoisotopic (exact) mass is 366 g/mol. The maximum Gasteiger partial charge on any atom is 0.335 e. The van der Waals surface area contributed by atoms with E-state index in [0.29, 0.717) is 17.6 Å². The number of hydrogen-bond acceptors (Lipinski definition) is 4. The summed E-state index contributed by atoms with van der Waals surface area (Å²) in [7, 11) is 0. The molecule has 5 heteroatoms. The van der Waals surface area contributed by atoms with Gasteiger partial charge in [0.2, 0.25) is 0 Å². The summed E-state index contributed by atoms with van der Waals surface area (Å²) in [5, 5.41) is 9.01. The molecular formula is C22H26N2O3. The van der Waals surface area contributed by atoms with E-state index < -0.39 is 5.97 Å². The molecule has 0 unspecified atom stereocenters. The van der Waals surface area contributed by atoms with Crippen LogP contribution in [0.5, 0.6) is 0 Å². The van der Waals surface area contributed by atoms with Crippen LogP contribution in [0, 0.1) is 0 Å². The average molecular weight is 366 g/mol. The zero-order chi connectivity index (χ0) is 19.4. The summed E-state index contributed by atoms with van der Waals surface area (Å²) < 4.78 is 0. The lowest BCUT2D eigenvalue weighted by Crippen LogP contribution is -2.55. The van der Waals surface area contributed by atoms with Gasteiger partial charge in [0.25, 0.3) is 0 Å². The van der Waals surface area contributed by atoms with Crippen molar-refractivity contribution in [2.24, 2.45) is 0 Å². The number of hydrogen-bond donors (Lipinski definition) is 1. The van der Waals surface area contributed by atoms with Gasteiger partial charge in [-0.15, -0.1) is 0 Å². The average Bonchev–Trinajstić information content (AvgIpc) is 2.65. The molecule has 0 radical (unpaired) electrons. The van der Waals surface area contributed by atoms with Gasteiger partial charge in [-0.2, -0.15) is 0 Å². The van der Waals surface area contributed by atoms with Crippen LogP contribution in [0.25, 0.3) is 0 Å². The standard InChI is InChI=1S/C22H26N2O3/c1-16-11-23(13-18-6-8-21(9-7-18)22(26)27)12-17(2)24(16)14-19-4-3-5-20(10-19)15-25/h3-10,15-17H,11-14H2,1-2H3,(H,26,27)/t16-,17+. The first-order valence-corrected chi connectivity index (χ1v) is 9.30. The summed E-state index contributed by atoms with van der Waals surface area (Å²) >= 11 is 0. The van der Waals surface area contributed by atoms with E-state index in [2.05, 4.69) is 29.7 Å². The molecule has 1 aliphatic heterocycles. The topological polar surface area (TPSA) is 60.9 Å². The quantitative estimate of drug-likeness (QED) is 0.795. The molecule has 1 aliphatic rings. The Morgan fingerprint density at radius 3 is 2.30 bits per heavy atom. The molecule has 27 heavy (non-hydrogen) atoms. The van der Waals surface area contributed by atoms with Crippen LogP contribution < -0.4 is 0 Å².